The van der Waals surface area contributed by atoms with Gasteiger partial charge in [0, 0.05) is 22.2 Å². The first-order valence-corrected chi connectivity index (χ1v) is 8.18. The Morgan fingerprint density at radius 2 is 1.06 bits per heavy atom. The summed E-state index contributed by atoms with van der Waals surface area (Å²) in [7, 11) is 0. The van der Waals surface area contributed by atoms with E-state index in [1.807, 2.05) is 0 Å². The average molecular weight is 374 g/mol. The van der Waals surface area contributed by atoms with E-state index in [-0.39, 0.29) is 22.2 Å². The molecule has 0 aromatic carbocycles. The normalized spacial score (nSPS) is 20.4. The summed E-state index contributed by atoms with van der Waals surface area (Å²) in [5.41, 5.74) is 3.52. The van der Waals surface area contributed by atoms with Crippen molar-refractivity contribution in [1.82, 2.24) is 9.84 Å². The van der Waals surface area contributed by atoms with E-state index in [1.165, 1.54) is 11.4 Å². The number of fused-ring (bicyclic) bond motifs is 1. The van der Waals surface area contributed by atoms with E-state index in [0.717, 1.165) is 0 Å². The number of hydrazine groups is 1. The summed E-state index contributed by atoms with van der Waals surface area (Å²) in [6, 6.07) is 0. The van der Waals surface area contributed by atoms with Gasteiger partial charge in [-0.25, -0.2) is 0 Å². The van der Waals surface area contributed by atoms with Gasteiger partial charge in [0.05, 0.1) is 0 Å². The Labute approximate surface area is 128 Å². The van der Waals surface area contributed by atoms with Crippen LogP contribution in [0.15, 0.2) is 23.3 Å². The molecule has 0 atom stereocenters. The number of rotatable bonds is 0. The fourth-order valence-corrected chi connectivity index (χ4v) is 3.81. The molecule has 98 valence electrons. The van der Waals surface area contributed by atoms with Crippen molar-refractivity contribution in [2.45, 2.75) is 41.5 Å². The molecule has 2 nitrogen and oxygen atoms in total. The summed E-state index contributed by atoms with van der Waals surface area (Å²) in [6.45, 7) is 13.6. The monoisotopic (exact) mass is 372 g/mol. The summed E-state index contributed by atoms with van der Waals surface area (Å²) in [5.74, 6) is 4.62. The van der Waals surface area contributed by atoms with Crippen LogP contribution in [0.2, 0.25) is 0 Å². The van der Waals surface area contributed by atoms with Crippen LogP contribution in [0.5, 0.6) is 0 Å². The lowest BCUT2D eigenvalue weighted by molar-refractivity contribution is 0.203. The van der Waals surface area contributed by atoms with Crippen molar-refractivity contribution in [3.63, 3.8) is 0 Å². The molecule has 0 amide bonds. The molecular weight excluding hydrogens is 354 g/mol. The molecule has 0 saturated carbocycles. The summed E-state index contributed by atoms with van der Waals surface area (Å²) < 4.78 is 0. The van der Waals surface area contributed by atoms with Gasteiger partial charge in [0.2, 0.25) is 0 Å². The highest BCUT2D eigenvalue weighted by molar-refractivity contribution is 9.25. The van der Waals surface area contributed by atoms with E-state index in [9.17, 15) is 0 Å². The molecule has 2 rings (SSSR count). The molecule has 18 heavy (non-hydrogen) atoms. The standard InChI is InChI=1S/C12H20B2Br2N2/c1-11(2,3)9-7-13(15)18-10(12(4,5)6)8-14(16)17(9)18/h7-8H,1-6H3. The van der Waals surface area contributed by atoms with Crippen LogP contribution in [0.25, 0.3) is 0 Å². The van der Waals surface area contributed by atoms with Gasteiger partial charge in [-0.2, -0.15) is 0 Å². The molecule has 0 fully saturated rings. The molecule has 0 bridgehead atoms. The lowest BCUT2D eigenvalue weighted by Crippen LogP contribution is -2.45. The first kappa shape index (κ1) is 14.6. The fourth-order valence-electron chi connectivity index (χ4n) is 2.48. The maximum Gasteiger partial charge on any atom is 0.380 e. The van der Waals surface area contributed by atoms with Crippen LogP contribution in [-0.4, -0.2) is 21.2 Å². The Balaban J connectivity index is 2.39. The van der Waals surface area contributed by atoms with E-state index >= 15 is 0 Å². The highest BCUT2D eigenvalue weighted by Crippen LogP contribution is 2.46. The Morgan fingerprint density at radius 3 is 1.28 bits per heavy atom. The molecule has 6 heteroatoms. The van der Waals surface area contributed by atoms with Crippen LogP contribution < -0.4 is 0 Å². The maximum atomic E-state index is 3.78. The number of hydrogen-bond acceptors (Lipinski definition) is 2. The van der Waals surface area contributed by atoms with E-state index in [1.54, 1.807) is 0 Å². The van der Waals surface area contributed by atoms with Gasteiger partial charge in [-0.1, -0.05) is 53.5 Å². The maximum absolute atomic E-state index is 3.78. The van der Waals surface area contributed by atoms with Crippen molar-refractivity contribution in [2.24, 2.45) is 10.8 Å². The predicted molar refractivity (Wildman–Crippen MR) is 88.1 cm³/mol. The molecule has 0 radical (unpaired) electrons. The molecule has 0 aromatic heterocycles. The Morgan fingerprint density at radius 1 is 0.778 bits per heavy atom. The van der Waals surface area contributed by atoms with Crippen molar-refractivity contribution in [2.75, 3.05) is 0 Å². The SMILES string of the molecule is CC(C)(C)C1=CB(Br)N2C(C(C)(C)C)=CB(Br)N12. The van der Waals surface area contributed by atoms with Gasteiger partial charge in [0.1, 0.15) is 0 Å². The highest BCUT2D eigenvalue weighted by Gasteiger charge is 2.48. The van der Waals surface area contributed by atoms with Gasteiger partial charge in [-0.05, 0) is 0 Å². The summed E-state index contributed by atoms with van der Waals surface area (Å²) >= 11 is 7.57. The van der Waals surface area contributed by atoms with Crippen molar-refractivity contribution < 1.29 is 0 Å². The van der Waals surface area contributed by atoms with E-state index in [2.05, 4.69) is 94.8 Å². The van der Waals surface area contributed by atoms with Crippen LogP contribution in [0.1, 0.15) is 41.5 Å². The molecule has 2 heterocycles. The smallest absolute Gasteiger partial charge is 0.326 e. The molecule has 0 aliphatic carbocycles. The van der Waals surface area contributed by atoms with E-state index in [4.69, 9.17) is 0 Å². The van der Waals surface area contributed by atoms with Gasteiger partial charge in [0.25, 0.3) is 0 Å². The van der Waals surface area contributed by atoms with Gasteiger partial charge >= 0.3 is 11.3 Å². The molecule has 0 saturated heterocycles. The van der Waals surface area contributed by atoms with Crippen LogP contribution in [0.4, 0.5) is 0 Å². The van der Waals surface area contributed by atoms with E-state index < -0.39 is 0 Å². The highest BCUT2D eigenvalue weighted by atomic mass is 79.9. The summed E-state index contributed by atoms with van der Waals surface area (Å²) in [6.07, 6.45) is 0. The molecular formula is C12H20B2Br2N2. The second kappa shape index (κ2) is 4.34. The number of nitrogens with zero attached hydrogens (tertiary/aromatic N) is 2. The van der Waals surface area contributed by atoms with Gasteiger partial charge in [-0.3, -0.25) is 0 Å². The van der Waals surface area contributed by atoms with Gasteiger partial charge in [-0.15, -0.1) is 31.5 Å². The lowest BCUT2D eigenvalue weighted by atomic mass is 9.78. The third-order valence-corrected chi connectivity index (χ3v) is 4.63. The van der Waals surface area contributed by atoms with Crippen LogP contribution in [-0.2, 0) is 0 Å². The number of allylic oxidation sites excluding steroid dienone is 2. The minimum Gasteiger partial charge on any atom is -0.326 e. The molecule has 2 aliphatic heterocycles. The molecule has 0 N–H and O–H groups in total. The second-order valence-corrected chi connectivity index (χ2v) is 8.91. The number of hydrogen-bond donors (Lipinski definition) is 0. The van der Waals surface area contributed by atoms with E-state index in [0.29, 0.717) is 0 Å². The van der Waals surface area contributed by atoms with Crippen molar-refractivity contribution in [3.05, 3.63) is 23.3 Å². The van der Waals surface area contributed by atoms with Crippen molar-refractivity contribution in [1.29, 1.82) is 0 Å². The first-order chi connectivity index (χ1) is 8.03. The Bertz CT molecular complexity index is 381. The largest absolute Gasteiger partial charge is 0.380 e. The Hall–Kier alpha value is 0.170. The van der Waals surface area contributed by atoms with Gasteiger partial charge in [0.15, 0.2) is 0 Å². The lowest BCUT2D eigenvalue weighted by Gasteiger charge is -2.40. The Kier molecular flexibility index (Phi) is 3.51. The molecule has 0 aromatic rings. The molecule has 2 aliphatic rings. The summed E-state index contributed by atoms with van der Waals surface area (Å²) in [5, 5.41) is 0. The summed E-state index contributed by atoms with van der Waals surface area (Å²) in [4.78, 5) is 4.72. The zero-order valence-electron chi connectivity index (χ0n) is 12.0. The van der Waals surface area contributed by atoms with Crippen LogP contribution >= 0.6 is 31.5 Å². The zero-order chi connectivity index (χ0) is 13.9. The quantitative estimate of drug-likeness (QED) is 0.586. The third kappa shape index (κ3) is 2.31. The van der Waals surface area contributed by atoms with Crippen molar-refractivity contribution in [3.8, 4) is 0 Å². The first-order valence-electron chi connectivity index (χ1n) is 6.34. The predicted octanol–water partition coefficient (Wildman–Crippen LogP) is 4.24. The number of halogens is 2. The molecule has 0 spiro atoms. The van der Waals surface area contributed by atoms with Crippen LogP contribution in [0, 0.1) is 10.8 Å². The fraction of sp³-hybridized carbons (Fsp3) is 0.667. The molecule has 0 unspecified atom stereocenters. The second-order valence-electron chi connectivity index (χ2n) is 7.04. The van der Waals surface area contributed by atoms with Crippen LogP contribution in [0.3, 0.4) is 0 Å². The average Bonchev–Trinajstić information content (AvgIpc) is 2.65. The zero-order valence-corrected chi connectivity index (χ0v) is 15.1. The van der Waals surface area contributed by atoms with Crippen molar-refractivity contribution >= 4 is 42.9 Å². The minimum atomic E-state index is 0.147. The minimum absolute atomic E-state index is 0.147. The topological polar surface area (TPSA) is 6.48 Å². The third-order valence-electron chi connectivity index (χ3n) is 3.32. The van der Waals surface area contributed by atoms with Gasteiger partial charge < -0.3 is 9.84 Å².